The zero-order valence-electron chi connectivity index (χ0n) is 11.9. The van der Waals surface area contributed by atoms with Crippen LogP contribution in [0.2, 0.25) is 8.67 Å². The van der Waals surface area contributed by atoms with Crippen molar-refractivity contribution in [2.24, 2.45) is 0 Å². The number of halogens is 5. The van der Waals surface area contributed by atoms with Crippen molar-refractivity contribution in [1.82, 2.24) is 10.2 Å². The predicted octanol–water partition coefficient (Wildman–Crippen LogP) is 5.38. The van der Waals surface area contributed by atoms with Crippen molar-refractivity contribution in [2.45, 2.75) is 6.18 Å². The van der Waals surface area contributed by atoms with E-state index >= 15 is 0 Å². The molecule has 0 saturated carbocycles. The van der Waals surface area contributed by atoms with Gasteiger partial charge in [0.25, 0.3) is 5.91 Å². The van der Waals surface area contributed by atoms with Crippen molar-refractivity contribution >= 4 is 46.5 Å². The lowest BCUT2D eigenvalue weighted by Gasteiger charge is -2.05. The van der Waals surface area contributed by atoms with Gasteiger partial charge < -0.3 is 4.42 Å². The van der Waals surface area contributed by atoms with Crippen molar-refractivity contribution in [1.29, 1.82) is 0 Å². The van der Waals surface area contributed by atoms with Crippen molar-refractivity contribution in [2.75, 3.05) is 5.32 Å². The molecule has 3 aromatic rings. The highest BCUT2D eigenvalue weighted by Gasteiger charge is 2.30. The van der Waals surface area contributed by atoms with Crippen molar-refractivity contribution in [3.63, 3.8) is 0 Å². The van der Waals surface area contributed by atoms with Crippen molar-refractivity contribution in [3.8, 4) is 11.5 Å². The summed E-state index contributed by atoms with van der Waals surface area (Å²) < 4.78 is 43.4. The van der Waals surface area contributed by atoms with Crippen LogP contribution < -0.4 is 5.32 Å². The van der Waals surface area contributed by atoms with E-state index in [0.29, 0.717) is 4.34 Å². The zero-order chi connectivity index (χ0) is 18.2. The lowest BCUT2D eigenvalue weighted by molar-refractivity contribution is -0.137. The molecule has 3 rings (SSSR count). The van der Waals surface area contributed by atoms with E-state index in [9.17, 15) is 18.0 Å². The normalized spacial score (nSPS) is 11.6. The molecule has 0 radical (unpaired) electrons. The molecule has 0 aliphatic heterocycles. The summed E-state index contributed by atoms with van der Waals surface area (Å²) in [6.45, 7) is 0. The maximum Gasteiger partial charge on any atom is 0.416 e. The molecule has 5 nitrogen and oxygen atoms in total. The molecule has 0 bridgehead atoms. The number of alkyl halides is 3. The van der Waals surface area contributed by atoms with Crippen LogP contribution in [0.25, 0.3) is 11.5 Å². The summed E-state index contributed by atoms with van der Waals surface area (Å²) in [5.74, 6) is -0.644. The van der Waals surface area contributed by atoms with Gasteiger partial charge in [-0.15, -0.1) is 16.4 Å². The Morgan fingerprint density at radius 3 is 2.40 bits per heavy atom. The molecule has 0 unspecified atom stereocenters. The first-order chi connectivity index (χ1) is 11.7. The van der Waals surface area contributed by atoms with E-state index in [4.69, 9.17) is 27.6 Å². The Balaban J connectivity index is 1.76. The number of amides is 1. The summed E-state index contributed by atoms with van der Waals surface area (Å²) in [6.07, 6.45) is -4.44. The number of hydrogen-bond donors (Lipinski definition) is 1. The minimum absolute atomic E-state index is 0.0431. The SMILES string of the molecule is O=C(Nc1nnc(-c2ccc(C(F)(F)F)cc2)o1)c1cc(Cl)sc1Cl. The number of rotatable bonds is 3. The topological polar surface area (TPSA) is 68.0 Å². The van der Waals surface area contributed by atoms with Crippen LogP contribution in [0.15, 0.2) is 34.7 Å². The van der Waals surface area contributed by atoms with E-state index < -0.39 is 17.6 Å². The molecular formula is C14H6Cl2F3N3O2S. The molecule has 0 saturated heterocycles. The number of thiophene rings is 1. The predicted molar refractivity (Wildman–Crippen MR) is 87.0 cm³/mol. The molecule has 2 heterocycles. The highest BCUT2D eigenvalue weighted by Crippen LogP contribution is 2.32. The second kappa shape index (κ2) is 6.66. The minimum Gasteiger partial charge on any atom is -0.403 e. The second-order valence-electron chi connectivity index (χ2n) is 4.68. The van der Waals surface area contributed by atoms with Crippen molar-refractivity contribution < 1.29 is 22.4 Å². The van der Waals surface area contributed by atoms with E-state index in [1.54, 1.807) is 0 Å². The zero-order valence-corrected chi connectivity index (χ0v) is 14.2. The Kier molecular flexibility index (Phi) is 4.72. The summed E-state index contributed by atoms with van der Waals surface area (Å²) in [5.41, 5.74) is -0.378. The Morgan fingerprint density at radius 1 is 1.16 bits per heavy atom. The largest absolute Gasteiger partial charge is 0.416 e. The van der Waals surface area contributed by atoms with Gasteiger partial charge in [0.1, 0.15) is 4.34 Å². The average Bonchev–Trinajstić information content (AvgIpc) is 3.13. The quantitative estimate of drug-likeness (QED) is 0.632. The van der Waals surface area contributed by atoms with E-state index in [0.717, 1.165) is 23.5 Å². The number of carbonyl (C=O) groups excluding carboxylic acids is 1. The first-order valence-corrected chi connectivity index (χ1v) is 8.08. The number of carbonyl (C=O) groups is 1. The summed E-state index contributed by atoms with van der Waals surface area (Å²) in [4.78, 5) is 12.0. The number of benzene rings is 1. The van der Waals surface area contributed by atoms with Crippen molar-refractivity contribution in [3.05, 3.63) is 50.1 Å². The van der Waals surface area contributed by atoms with Crippen LogP contribution in [0.3, 0.4) is 0 Å². The van der Waals surface area contributed by atoms with Gasteiger partial charge in [0.05, 0.1) is 15.5 Å². The summed E-state index contributed by atoms with van der Waals surface area (Å²) in [5, 5.41) is 9.65. The first kappa shape index (κ1) is 17.7. The van der Waals surface area contributed by atoms with E-state index in [2.05, 4.69) is 15.5 Å². The molecule has 2 aromatic heterocycles. The number of aromatic nitrogens is 2. The molecule has 25 heavy (non-hydrogen) atoms. The van der Waals surface area contributed by atoms with Gasteiger partial charge in [0, 0.05) is 5.56 Å². The van der Waals surface area contributed by atoms with E-state index in [-0.39, 0.29) is 27.4 Å². The molecule has 1 amide bonds. The third kappa shape index (κ3) is 3.94. The maximum absolute atomic E-state index is 12.5. The van der Waals surface area contributed by atoms with Crippen LogP contribution in [0.5, 0.6) is 0 Å². The third-order valence-electron chi connectivity index (χ3n) is 3.01. The van der Waals surface area contributed by atoms with Gasteiger partial charge in [-0.3, -0.25) is 10.1 Å². The molecule has 0 fully saturated rings. The third-order valence-corrected chi connectivity index (χ3v) is 4.49. The Hall–Kier alpha value is -2.10. The number of nitrogens with one attached hydrogen (secondary N) is 1. The number of hydrogen-bond acceptors (Lipinski definition) is 5. The molecule has 1 aromatic carbocycles. The minimum atomic E-state index is -4.44. The fraction of sp³-hybridized carbons (Fsp3) is 0.0714. The molecule has 0 atom stereocenters. The van der Waals surface area contributed by atoms with Crippen LogP contribution in [-0.4, -0.2) is 16.1 Å². The first-order valence-electron chi connectivity index (χ1n) is 6.51. The van der Waals surface area contributed by atoms with Gasteiger partial charge >= 0.3 is 12.2 Å². The Bertz CT molecular complexity index is 922. The van der Waals surface area contributed by atoms with Crippen LogP contribution in [0.4, 0.5) is 19.2 Å². The highest BCUT2D eigenvalue weighted by molar-refractivity contribution is 7.20. The fourth-order valence-electron chi connectivity index (χ4n) is 1.85. The highest BCUT2D eigenvalue weighted by atomic mass is 35.5. The van der Waals surface area contributed by atoms with Gasteiger partial charge in [-0.25, -0.2) is 0 Å². The van der Waals surface area contributed by atoms with E-state index in [1.807, 2.05) is 0 Å². The molecular weight excluding hydrogens is 402 g/mol. The smallest absolute Gasteiger partial charge is 0.403 e. The van der Waals surface area contributed by atoms with Crippen LogP contribution >= 0.6 is 34.5 Å². The molecule has 130 valence electrons. The summed E-state index contributed by atoms with van der Waals surface area (Å²) >= 11 is 12.7. The van der Waals surface area contributed by atoms with Gasteiger partial charge in [-0.2, -0.15) is 13.2 Å². The van der Waals surface area contributed by atoms with E-state index in [1.165, 1.54) is 18.2 Å². The monoisotopic (exact) mass is 407 g/mol. The number of nitrogens with zero attached hydrogens (tertiary/aromatic N) is 2. The van der Waals surface area contributed by atoms with Gasteiger partial charge in [0.2, 0.25) is 5.89 Å². The molecule has 0 aliphatic rings. The van der Waals surface area contributed by atoms with Gasteiger partial charge in [-0.05, 0) is 30.3 Å². The Labute approximate surface area is 152 Å². The molecule has 0 aliphatic carbocycles. The van der Waals surface area contributed by atoms with Crippen LogP contribution in [-0.2, 0) is 6.18 Å². The molecule has 1 N–H and O–H groups in total. The van der Waals surface area contributed by atoms with Crippen LogP contribution in [0.1, 0.15) is 15.9 Å². The second-order valence-corrected chi connectivity index (χ2v) is 6.97. The maximum atomic E-state index is 12.5. The molecule has 0 spiro atoms. The number of anilines is 1. The standard InChI is InChI=1S/C14H6Cl2F3N3O2S/c15-9-5-8(10(16)25-9)11(23)20-13-22-21-12(24-13)6-1-3-7(4-2-6)14(17,18)19/h1-5H,(H,20,22,23). The van der Waals surface area contributed by atoms with Crippen LogP contribution in [0, 0.1) is 0 Å². The lowest BCUT2D eigenvalue weighted by atomic mass is 10.1. The lowest BCUT2D eigenvalue weighted by Crippen LogP contribution is -2.11. The average molecular weight is 408 g/mol. The van der Waals surface area contributed by atoms with Gasteiger partial charge in [0.15, 0.2) is 0 Å². The summed E-state index contributed by atoms with van der Waals surface area (Å²) in [6, 6.07) is 5.33. The molecule has 11 heteroatoms. The Morgan fingerprint density at radius 2 is 1.84 bits per heavy atom. The summed E-state index contributed by atoms with van der Waals surface area (Å²) in [7, 11) is 0. The fourth-order valence-corrected chi connectivity index (χ4v) is 3.31. The van der Waals surface area contributed by atoms with Gasteiger partial charge in [-0.1, -0.05) is 28.3 Å².